The minimum atomic E-state index is -4.72. The number of nitrogens with two attached hydrogens (primary N) is 1. The van der Waals surface area contributed by atoms with Crippen LogP contribution in [0.2, 0.25) is 0 Å². The SMILES string of the molecule is CCCOc1ccc(-c2ccc([C@@H](Oc3cc(N4CCC5(CC4)CC(C(=O)O)NC5CC)nc(N)n3)C(F)(F)F)cc2)cc1. The molecule has 236 valence electrons. The fourth-order valence-corrected chi connectivity index (χ4v) is 6.38. The maximum absolute atomic E-state index is 14.3. The summed E-state index contributed by atoms with van der Waals surface area (Å²) in [5.41, 5.74) is 7.29. The van der Waals surface area contributed by atoms with Crippen LogP contribution in [0.5, 0.6) is 11.6 Å². The van der Waals surface area contributed by atoms with E-state index in [4.69, 9.17) is 15.2 Å². The molecule has 5 rings (SSSR count). The van der Waals surface area contributed by atoms with Crippen molar-refractivity contribution in [1.82, 2.24) is 15.3 Å². The summed E-state index contributed by atoms with van der Waals surface area (Å²) in [6, 6.07) is 14.3. The number of hydrogen-bond donors (Lipinski definition) is 3. The first-order valence-corrected chi connectivity index (χ1v) is 15.0. The van der Waals surface area contributed by atoms with Gasteiger partial charge >= 0.3 is 12.1 Å². The van der Waals surface area contributed by atoms with Gasteiger partial charge in [-0.25, -0.2) is 0 Å². The van der Waals surface area contributed by atoms with Crippen molar-refractivity contribution >= 4 is 17.7 Å². The number of benzene rings is 2. The van der Waals surface area contributed by atoms with Gasteiger partial charge in [-0.15, -0.1) is 0 Å². The van der Waals surface area contributed by atoms with E-state index in [2.05, 4.69) is 15.3 Å². The monoisotopic (exact) mass is 613 g/mol. The molecule has 0 bridgehead atoms. The average Bonchev–Trinajstić information content (AvgIpc) is 3.37. The molecule has 2 aromatic carbocycles. The summed E-state index contributed by atoms with van der Waals surface area (Å²) >= 11 is 0. The molecule has 2 aliphatic rings. The Kier molecular flexibility index (Phi) is 9.19. The molecule has 1 spiro atoms. The van der Waals surface area contributed by atoms with Crippen LogP contribution >= 0.6 is 0 Å². The van der Waals surface area contributed by atoms with Crippen molar-refractivity contribution < 1.29 is 32.5 Å². The zero-order valence-corrected chi connectivity index (χ0v) is 24.8. The van der Waals surface area contributed by atoms with E-state index >= 15 is 0 Å². The molecular weight excluding hydrogens is 575 g/mol. The minimum absolute atomic E-state index is 0.0740. The zero-order valence-electron chi connectivity index (χ0n) is 24.8. The van der Waals surface area contributed by atoms with E-state index in [0.29, 0.717) is 44.8 Å². The average molecular weight is 614 g/mol. The van der Waals surface area contributed by atoms with E-state index in [1.165, 1.54) is 18.2 Å². The number of aromatic nitrogens is 2. The van der Waals surface area contributed by atoms with Gasteiger partial charge < -0.3 is 30.5 Å². The first kappa shape index (κ1) is 31.4. The molecule has 2 aliphatic heterocycles. The maximum Gasteiger partial charge on any atom is 0.429 e. The summed E-state index contributed by atoms with van der Waals surface area (Å²) in [6.07, 6.45) is -3.31. The third kappa shape index (κ3) is 6.85. The van der Waals surface area contributed by atoms with E-state index in [1.807, 2.05) is 43.0 Å². The number of nitrogens with zero attached hydrogens (tertiary/aromatic N) is 3. The number of hydrogen-bond acceptors (Lipinski definition) is 8. The van der Waals surface area contributed by atoms with Crippen LogP contribution in [-0.2, 0) is 4.79 Å². The molecule has 9 nitrogen and oxygen atoms in total. The first-order valence-electron chi connectivity index (χ1n) is 15.0. The summed E-state index contributed by atoms with van der Waals surface area (Å²) < 4.78 is 53.9. The van der Waals surface area contributed by atoms with E-state index < -0.39 is 24.3 Å². The molecule has 3 aromatic rings. The van der Waals surface area contributed by atoms with Crippen LogP contribution in [-0.4, -0.2) is 59.0 Å². The van der Waals surface area contributed by atoms with Crippen LogP contribution in [0.15, 0.2) is 54.6 Å². The second kappa shape index (κ2) is 12.9. The van der Waals surface area contributed by atoms with E-state index in [1.54, 1.807) is 12.1 Å². The fraction of sp³-hybridized carbons (Fsp3) is 0.469. The molecule has 4 N–H and O–H groups in total. The van der Waals surface area contributed by atoms with Gasteiger partial charge in [0.15, 0.2) is 0 Å². The Morgan fingerprint density at radius 1 is 1.09 bits per heavy atom. The molecule has 12 heteroatoms. The number of nitrogens with one attached hydrogen (secondary N) is 1. The van der Waals surface area contributed by atoms with Crippen LogP contribution in [0.25, 0.3) is 11.1 Å². The Morgan fingerprint density at radius 3 is 2.30 bits per heavy atom. The Morgan fingerprint density at radius 2 is 1.73 bits per heavy atom. The highest BCUT2D eigenvalue weighted by Gasteiger charge is 2.50. The van der Waals surface area contributed by atoms with Crippen molar-refractivity contribution in [1.29, 1.82) is 0 Å². The second-order valence-corrected chi connectivity index (χ2v) is 11.5. The van der Waals surface area contributed by atoms with E-state index in [9.17, 15) is 23.1 Å². The number of nitrogen functional groups attached to an aromatic ring is 1. The topological polar surface area (TPSA) is 123 Å². The van der Waals surface area contributed by atoms with Crippen molar-refractivity contribution in [2.75, 3.05) is 30.3 Å². The number of aliphatic carboxylic acids is 1. The lowest BCUT2D eigenvalue weighted by atomic mass is 9.71. The molecule has 0 aliphatic carbocycles. The van der Waals surface area contributed by atoms with E-state index in [-0.39, 0.29) is 28.8 Å². The number of carboxylic acids is 1. The van der Waals surface area contributed by atoms with Gasteiger partial charge in [0.25, 0.3) is 0 Å². The molecule has 44 heavy (non-hydrogen) atoms. The van der Waals surface area contributed by atoms with Crippen molar-refractivity contribution in [3.63, 3.8) is 0 Å². The Bertz CT molecular complexity index is 1430. The van der Waals surface area contributed by atoms with Crippen LogP contribution < -0.4 is 25.4 Å². The van der Waals surface area contributed by atoms with Gasteiger partial charge in [0.1, 0.15) is 17.6 Å². The summed E-state index contributed by atoms with van der Waals surface area (Å²) in [7, 11) is 0. The largest absolute Gasteiger partial charge is 0.494 e. The molecule has 2 unspecified atom stereocenters. The van der Waals surface area contributed by atoms with Gasteiger partial charge in [0.05, 0.1) is 6.61 Å². The highest BCUT2D eigenvalue weighted by molar-refractivity contribution is 5.74. The third-order valence-electron chi connectivity index (χ3n) is 8.66. The van der Waals surface area contributed by atoms with Crippen LogP contribution in [0.3, 0.4) is 0 Å². The Labute approximate surface area is 254 Å². The highest BCUT2D eigenvalue weighted by atomic mass is 19.4. The fourth-order valence-electron chi connectivity index (χ4n) is 6.38. The number of halogens is 3. The summed E-state index contributed by atoms with van der Waals surface area (Å²) in [6.45, 7) is 5.77. The molecule has 0 amide bonds. The van der Waals surface area contributed by atoms with Crippen LogP contribution in [0.4, 0.5) is 24.9 Å². The predicted octanol–water partition coefficient (Wildman–Crippen LogP) is 6.01. The quantitative estimate of drug-likeness (QED) is 0.252. The predicted molar refractivity (Wildman–Crippen MR) is 161 cm³/mol. The molecule has 3 heterocycles. The van der Waals surface area contributed by atoms with Crippen molar-refractivity contribution in [2.24, 2.45) is 5.41 Å². The number of piperidine rings is 1. The van der Waals surface area contributed by atoms with Crippen molar-refractivity contribution in [3.8, 4) is 22.8 Å². The van der Waals surface area contributed by atoms with Crippen molar-refractivity contribution in [2.45, 2.75) is 70.3 Å². The number of alkyl halides is 3. The third-order valence-corrected chi connectivity index (χ3v) is 8.66. The highest BCUT2D eigenvalue weighted by Crippen LogP contribution is 2.46. The number of carbonyl (C=O) groups is 1. The number of anilines is 2. The molecule has 2 fully saturated rings. The van der Waals surface area contributed by atoms with Gasteiger partial charge in [0.2, 0.25) is 17.9 Å². The Hall–Kier alpha value is -4.06. The van der Waals surface area contributed by atoms with Crippen LogP contribution in [0, 0.1) is 5.41 Å². The van der Waals surface area contributed by atoms with Gasteiger partial charge in [0, 0.05) is 30.8 Å². The second-order valence-electron chi connectivity index (χ2n) is 11.5. The lowest BCUT2D eigenvalue weighted by Gasteiger charge is -2.43. The standard InChI is InChI=1S/C32H38F3N5O4/c1-3-17-43-23-11-9-21(10-12-23)20-5-7-22(8-6-20)28(32(33,34)35)44-27-18-26(38-30(36)39-27)40-15-13-31(14-16-40)19-24(29(41)42)37-25(31)4-2/h5-12,18,24-25,28,37H,3-4,13-17,19H2,1-2H3,(H,41,42)(H2,36,38,39)/t24?,25?,28-/m1/s1. The lowest BCUT2D eigenvalue weighted by Crippen LogP contribution is -2.46. The summed E-state index contributed by atoms with van der Waals surface area (Å²) in [5.74, 6) is -0.216. The Balaban J connectivity index is 1.30. The molecule has 2 saturated heterocycles. The van der Waals surface area contributed by atoms with Gasteiger partial charge in [-0.05, 0) is 60.8 Å². The van der Waals surface area contributed by atoms with Crippen LogP contribution in [0.1, 0.15) is 57.6 Å². The van der Waals surface area contributed by atoms with E-state index in [0.717, 1.165) is 29.7 Å². The summed E-state index contributed by atoms with van der Waals surface area (Å²) in [5, 5.41) is 12.8. The first-order chi connectivity index (χ1) is 21.0. The normalized spacial score (nSPS) is 20.4. The maximum atomic E-state index is 14.3. The summed E-state index contributed by atoms with van der Waals surface area (Å²) in [4.78, 5) is 21.8. The molecule has 0 radical (unpaired) electrons. The molecule has 1 aromatic heterocycles. The molecule has 0 saturated carbocycles. The van der Waals surface area contributed by atoms with Gasteiger partial charge in [-0.1, -0.05) is 50.2 Å². The number of rotatable bonds is 10. The van der Waals surface area contributed by atoms with Gasteiger partial charge in [-0.3, -0.25) is 4.79 Å². The zero-order chi connectivity index (χ0) is 31.5. The number of carboxylic acid groups (broad SMARTS) is 1. The molecular formula is C32H38F3N5O4. The number of ether oxygens (including phenoxy) is 2. The lowest BCUT2D eigenvalue weighted by molar-refractivity contribution is -0.198. The van der Waals surface area contributed by atoms with Crippen molar-refractivity contribution in [3.05, 3.63) is 60.2 Å². The minimum Gasteiger partial charge on any atom is -0.494 e. The van der Waals surface area contributed by atoms with Gasteiger partial charge in [-0.2, -0.15) is 23.1 Å². The molecule has 3 atom stereocenters. The smallest absolute Gasteiger partial charge is 0.429 e.